The Labute approximate surface area is 153 Å². The number of nitrogens with zero attached hydrogens (tertiary/aromatic N) is 2. The highest BCUT2D eigenvalue weighted by molar-refractivity contribution is 5.93. The summed E-state index contributed by atoms with van der Waals surface area (Å²) in [5.74, 6) is 0.496. The lowest BCUT2D eigenvalue weighted by molar-refractivity contribution is -0.154. The average molecular weight is 368 g/mol. The molecule has 2 aliphatic heterocycles. The third-order valence-corrected chi connectivity index (χ3v) is 5.33. The minimum absolute atomic E-state index is 0.0353. The highest BCUT2D eigenvalue weighted by Crippen LogP contribution is 2.36. The van der Waals surface area contributed by atoms with Crippen molar-refractivity contribution in [2.45, 2.75) is 50.9 Å². The van der Waals surface area contributed by atoms with E-state index in [9.17, 15) is 4.79 Å². The Morgan fingerprint density at radius 2 is 2.19 bits per heavy atom. The summed E-state index contributed by atoms with van der Waals surface area (Å²) in [7, 11) is 1.58. The maximum atomic E-state index is 12.8. The molecule has 1 N–H and O–H groups in total. The van der Waals surface area contributed by atoms with Crippen molar-refractivity contribution in [2.75, 3.05) is 40.0 Å². The molecule has 2 fully saturated rings. The first-order chi connectivity index (χ1) is 12.6. The summed E-state index contributed by atoms with van der Waals surface area (Å²) >= 11 is 0. The summed E-state index contributed by atoms with van der Waals surface area (Å²) in [5.41, 5.74) is 0.822. The standard InChI is InChI=1S/C18H28N2O6/c1-13-15(12-23-2)16(19-26-13)17(22)20-6-4-18(5-7-20)11-14(3-9-25-18)24-10-8-21/h14,21H,3-12H2,1-2H3. The minimum atomic E-state index is -0.232. The fourth-order valence-electron chi connectivity index (χ4n) is 3.83. The van der Waals surface area contributed by atoms with Gasteiger partial charge in [-0.05, 0) is 26.2 Å². The first-order valence-corrected chi connectivity index (χ1v) is 9.18. The molecule has 2 aliphatic rings. The Bertz CT molecular complexity index is 609. The van der Waals surface area contributed by atoms with Crippen LogP contribution in [0.2, 0.25) is 0 Å². The normalized spacial score (nSPS) is 22.7. The van der Waals surface area contributed by atoms with E-state index >= 15 is 0 Å². The van der Waals surface area contributed by atoms with Crippen LogP contribution in [0.1, 0.15) is 47.5 Å². The lowest BCUT2D eigenvalue weighted by Crippen LogP contribution is -2.52. The quantitative estimate of drug-likeness (QED) is 0.808. The second kappa shape index (κ2) is 8.47. The first-order valence-electron chi connectivity index (χ1n) is 9.18. The van der Waals surface area contributed by atoms with Gasteiger partial charge in [-0.2, -0.15) is 0 Å². The van der Waals surface area contributed by atoms with Crippen LogP contribution in [-0.2, 0) is 20.8 Å². The van der Waals surface area contributed by atoms with Gasteiger partial charge in [0.25, 0.3) is 5.91 Å². The van der Waals surface area contributed by atoms with Gasteiger partial charge in [0.05, 0.1) is 37.1 Å². The van der Waals surface area contributed by atoms with Crippen molar-refractivity contribution in [3.8, 4) is 0 Å². The first kappa shape index (κ1) is 19.3. The maximum Gasteiger partial charge on any atom is 0.276 e. The van der Waals surface area contributed by atoms with Crippen LogP contribution in [0.5, 0.6) is 0 Å². The molecule has 1 amide bonds. The number of amides is 1. The van der Waals surface area contributed by atoms with Gasteiger partial charge in [0.1, 0.15) is 5.76 Å². The van der Waals surface area contributed by atoms with Gasteiger partial charge in [-0.1, -0.05) is 5.16 Å². The number of aromatic nitrogens is 1. The van der Waals surface area contributed by atoms with Gasteiger partial charge in [0.2, 0.25) is 0 Å². The molecule has 0 bridgehead atoms. The van der Waals surface area contributed by atoms with Crippen LogP contribution in [-0.4, -0.2) is 72.8 Å². The molecule has 1 atom stereocenters. The van der Waals surface area contributed by atoms with Gasteiger partial charge >= 0.3 is 0 Å². The number of ether oxygens (including phenoxy) is 3. The summed E-state index contributed by atoms with van der Waals surface area (Å²) in [6.07, 6.45) is 3.32. The zero-order valence-corrected chi connectivity index (χ0v) is 15.5. The summed E-state index contributed by atoms with van der Waals surface area (Å²) in [6.45, 7) is 4.37. The van der Waals surface area contributed by atoms with Crippen LogP contribution in [0, 0.1) is 6.92 Å². The predicted octanol–water partition coefficient (Wildman–Crippen LogP) is 1.29. The third kappa shape index (κ3) is 4.09. The number of carbonyl (C=O) groups excluding carboxylic acids is 1. The van der Waals surface area contributed by atoms with E-state index in [-0.39, 0.29) is 24.2 Å². The molecule has 146 valence electrons. The number of hydrogen-bond acceptors (Lipinski definition) is 7. The molecule has 0 aliphatic carbocycles. The van der Waals surface area contributed by atoms with Crippen LogP contribution in [0.25, 0.3) is 0 Å². The molecule has 2 saturated heterocycles. The average Bonchev–Trinajstić information content (AvgIpc) is 3.01. The van der Waals surface area contributed by atoms with Gasteiger partial charge in [-0.25, -0.2) is 0 Å². The number of aliphatic hydroxyl groups is 1. The van der Waals surface area contributed by atoms with E-state index in [1.165, 1.54) is 0 Å². The van der Waals surface area contributed by atoms with Crippen molar-refractivity contribution >= 4 is 5.91 Å². The molecular weight excluding hydrogens is 340 g/mol. The van der Waals surface area contributed by atoms with Crippen molar-refractivity contribution in [1.29, 1.82) is 0 Å². The van der Waals surface area contributed by atoms with Gasteiger partial charge in [-0.3, -0.25) is 4.79 Å². The van der Waals surface area contributed by atoms with Crippen LogP contribution in [0.3, 0.4) is 0 Å². The Morgan fingerprint density at radius 1 is 1.42 bits per heavy atom. The molecule has 1 aromatic heterocycles. The van der Waals surface area contributed by atoms with E-state index in [2.05, 4.69) is 5.16 Å². The van der Waals surface area contributed by atoms with Gasteiger partial charge < -0.3 is 28.7 Å². The van der Waals surface area contributed by atoms with Crippen molar-refractivity contribution in [3.05, 3.63) is 17.0 Å². The lowest BCUT2D eigenvalue weighted by Gasteiger charge is -2.45. The van der Waals surface area contributed by atoms with E-state index in [0.717, 1.165) is 25.7 Å². The molecule has 26 heavy (non-hydrogen) atoms. The fourth-order valence-corrected chi connectivity index (χ4v) is 3.83. The molecule has 0 radical (unpaired) electrons. The number of aliphatic hydroxyl groups excluding tert-OH is 1. The lowest BCUT2D eigenvalue weighted by atomic mass is 9.83. The number of methoxy groups -OCH3 is 1. The summed E-state index contributed by atoms with van der Waals surface area (Å²) in [5, 5.41) is 12.9. The molecule has 0 saturated carbocycles. The number of carbonyl (C=O) groups is 1. The molecule has 3 rings (SSSR count). The minimum Gasteiger partial charge on any atom is -0.394 e. The van der Waals surface area contributed by atoms with Crippen LogP contribution >= 0.6 is 0 Å². The molecule has 0 aromatic carbocycles. The van der Waals surface area contributed by atoms with Gasteiger partial charge in [-0.15, -0.1) is 0 Å². The highest BCUT2D eigenvalue weighted by Gasteiger charge is 2.42. The van der Waals surface area contributed by atoms with Crippen molar-refractivity contribution < 1.29 is 28.6 Å². The Hall–Kier alpha value is -1.48. The van der Waals surface area contributed by atoms with Gasteiger partial charge in [0.15, 0.2) is 5.69 Å². The number of hydrogen-bond donors (Lipinski definition) is 1. The molecule has 1 aromatic rings. The largest absolute Gasteiger partial charge is 0.394 e. The Kier molecular flexibility index (Phi) is 6.29. The van der Waals surface area contributed by atoms with Crippen LogP contribution < -0.4 is 0 Å². The van der Waals surface area contributed by atoms with E-state index in [1.54, 1.807) is 14.0 Å². The maximum absolute atomic E-state index is 12.8. The van der Waals surface area contributed by atoms with Gasteiger partial charge in [0, 0.05) is 33.2 Å². The monoisotopic (exact) mass is 368 g/mol. The van der Waals surface area contributed by atoms with E-state index in [0.29, 0.717) is 49.9 Å². The second-order valence-electron chi connectivity index (χ2n) is 7.03. The number of aryl methyl sites for hydroxylation is 1. The van der Waals surface area contributed by atoms with Crippen LogP contribution in [0.4, 0.5) is 0 Å². The molecule has 8 nitrogen and oxygen atoms in total. The zero-order valence-electron chi connectivity index (χ0n) is 15.5. The second-order valence-corrected chi connectivity index (χ2v) is 7.03. The molecule has 1 unspecified atom stereocenters. The predicted molar refractivity (Wildman–Crippen MR) is 91.8 cm³/mol. The molecule has 3 heterocycles. The number of likely N-dealkylation sites (tertiary alicyclic amines) is 1. The molecule has 8 heteroatoms. The van der Waals surface area contributed by atoms with Crippen molar-refractivity contribution in [3.63, 3.8) is 0 Å². The molecular formula is C18H28N2O6. The smallest absolute Gasteiger partial charge is 0.276 e. The topological polar surface area (TPSA) is 94.3 Å². The number of rotatable bonds is 6. The Morgan fingerprint density at radius 3 is 2.88 bits per heavy atom. The third-order valence-electron chi connectivity index (χ3n) is 5.33. The highest BCUT2D eigenvalue weighted by atomic mass is 16.5. The summed E-state index contributed by atoms with van der Waals surface area (Å²) in [4.78, 5) is 14.6. The molecule has 1 spiro atoms. The Balaban J connectivity index is 1.60. The van der Waals surface area contributed by atoms with Crippen molar-refractivity contribution in [1.82, 2.24) is 10.1 Å². The van der Waals surface area contributed by atoms with E-state index in [4.69, 9.17) is 23.8 Å². The van der Waals surface area contributed by atoms with E-state index in [1.807, 2.05) is 4.90 Å². The SMILES string of the molecule is COCc1c(C(=O)N2CCC3(CC2)CC(OCCO)CCO3)noc1C. The number of piperidine rings is 1. The summed E-state index contributed by atoms with van der Waals surface area (Å²) in [6, 6.07) is 0. The van der Waals surface area contributed by atoms with E-state index < -0.39 is 0 Å². The summed E-state index contributed by atoms with van der Waals surface area (Å²) < 4.78 is 22.1. The van der Waals surface area contributed by atoms with Crippen molar-refractivity contribution in [2.24, 2.45) is 0 Å². The van der Waals surface area contributed by atoms with Crippen LogP contribution in [0.15, 0.2) is 4.52 Å². The fraction of sp³-hybridized carbons (Fsp3) is 0.778. The zero-order chi connectivity index (χ0) is 18.6.